The Kier molecular flexibility index (Phi) is 3.53. The number of nitrogen functional groups attached to an aromatic ring is 1. The van der Waals surface area contributed by atoms with Gasteiger partial charge in [-0.15, -0.1) is 11.8 Å². The number of nitrogens with two attached hydrogens (primary N) is 1. The maximum absolute atomic E-state index is 5.89. The second-order valence-electron chi connectivity index (χ2n) is 4.33. The summed E-state index contributed by atoms with van der Waals surface area (Å²) >= 11 is 5.32. The molecule has 0 fully saturated rings. The van der Waals surface area contributed by atoms with Crippen LogP contribution >= 0.6 is 27.7 Å². The minimum Gasteiger partial charge on any atom is -0.398 e. The number of hydrogen-bond donors (Lipinski definition) is 2. The van der Waals surface area contributed by atoms with E-state index in [4.69, 9.17) is 5.73 Å². The average molecular weight is 333 g/mol. The van der Waals surface area contributed by atoms with Gasteiger partial charge in [0.25, 0.3) is 0 Å². The molecule has 0 aliphatic heterocycles. The van der Waals surface area contributed by atoms with Crippen molar-refractivity contribution < 1.29 is 0 Å². The number of para-hydroxylation sites is 1. The minimum absolute atomic E-state index is 0.787. The minimum atomic E-state index is 0.787. The van der Waals surface area contributed by atoms with Gasteiger partial charge in [0.1, 0.15) is 0 Å². The summed E-state index contributed by atoms with van der Waals surface area (Å²) in [6, 6.07) is 16.5. The van der Waals surface area contributed by atoms with Crippen molar-refractivity contribution in [3.63, 3.8) is 0 Å². The molecular weight excluding hydrogens is 320 g/mol. The van der Waals surface area contributed by atoms with E-state index in [1.54, 1.807) is 11.8 Å². The second kappa shape index (κ2) is 5.31. The lowest BCUT2D eigenvalue weighted by atomic mass is 10.2. The van der Waals surface area contributed by atoms with E-state index in [0.29, 0.717) is 0 Å². The Hall–Kier alpha value is -1.39. The van der Waals surface area contributed by atoms with Crippen molar-refractivity contribution in [2.75, 3.05) is 5.73 Å². The lowest BCUT2D eigenvalue weighted by molar-refractivity contribution is 1.23. The summed E-state index contributed by atoms with van der Waals surface area (Å²) in [5.74, 6) is 0.887. The van der Waals surface area contributed by atoms with Gasteiger partial charge in [-0.25, -0.2) is 0 Å². The first-order chi connectivity index (χ1) is 9.24. The number of fused-ring (bicyclic) bond motifs is 1. The van der Waals surface area contributed by atoms with Gasteiger partial charge in [-0.3, -0.25) is 0 Å². The normalized spacial score (nSPS) is 11.0. The Bertz CT molecular complexity index is 688. The number of hydrogen-bond acceptors (Lipinski definition) is 2. The van der Waals surface area contributed by atoms with E-state index < -0.39 is 0 Å². The molecule has 0 radical (unpaired) electrons. The third kappa shape index (κ3) is 2.65. The topological polar surface area (TPSA) is 41.8 Å². The highest BCUT2D eigenvalue weighted by Gasteiger charge is 2.05. The Balaban J connectivity index is 1.80. The second-order valence-corrected chi connectivity index (χ2v) is 6.14. The van der Waals surface area contributed by atoms with E-state index in [9.17, 15) is 0 Å². The Morgan fingerprint density at radius 3 is 2.79 bits per heavy atom. The van der Waals surface area contributed by atoms with Crippen molar-refractivity contribution in [1.29, 1.82) is 0 Å². The maximum atomic E-state index is 5.89. The Labute approximate surface area is 124 Å². The maximum Gasteiger partial charge on any atom is 0.0735 e. The van der Waals surface area contributed by atoms with Gasteiger partial charge in [0, 0.05) is 26.8 Å². The highest BCUT2D eigenvalue weighted by molar-refractivity contribution is 9.10. The van der Waals surface area contributed by atoms with Gasteiger partial charge in [0.05, 0.1) is 5.03 Å². The van der Waals surface area contributed by atoms with Gasteiger partial charge in [-0.1, -0.05) is 30.3 Å². The van der Waals surface area contributed by atoms with Gasteiger partial charge >= 0.3 is 0 Å². The SMILES string of the molecule is Nc1cccc(CSc2cc3ccccc3[nH]2)c1Br. The molecule has 1 heterocycles. The number of benzene rings is 2. The molecule has 0 aliphatic carbocycles. The number of nitrogens with one attached hydrogen (secondary N) is 1. The van der Waals surface area contributed by atoms with E-state index in [1.807, 2.05) is 18.2 Å². The number of aromatic nitrogens is 1. The summed E-state index contributed by atoms with van der Waals surface area (Å²) in [6.07, 6.45) is 0. The van der Waals surface area contributed by atoms with Crippen molar-refractivity contribution >= 4 is 44.3 Å². The lowest BCUT2D eigenvalue weighted by Crippen LogP contribution is -1.90. The summed E-state index contributed by atoms with van der Waals surface area (Å²) in [5.41, 5.74) is 9.06. The Morgan fingerprint density at radius 2 is 1.95 bits per heavy atom. The van der Waals surface area contributed by atoms with E-state index in [-0.39, 0.29) is 0 Å². The van der Waals surface area contributed by atoms with Gasteiger partial charge in [-0.05, 0) is 39.7 Å². The first kappa shape index (κ1) is 12.6. The van der Waals surface area contributed by atoms with E-state index in [2.05, 4.69) is 51.2 Å². The van der Waals surface area contributed by atoms with Crippen molar-refractivity contribution in [2.24, 2.45) is 0 Å². The molecule has 19 heavy (non-hydrogen) atoms. The standard InChI is InChI=1S/C15H13BrN2S/c16-15-11(5-3-6-12(15)17)9-19-14-8-10-4-1-2-7-13(10)18-14/h1-8,18H,9,17H2. The molecule has 0 bridgehead atoms. The quantitative estimate of drug-likeness (QED) is 0.534. The average Bonchev–Trinajstić information content (AvgIpc) is 2.83. The highest BCUT2D eigenvalue weighted by atomic mass is 79.9. The lowest BCUT2D eigenvalue weighted by Gasteiger charge is -2.05. The first-order valence-corrected chi connectivity index (χ1v) is 7.75. The molecular formula is C15H13BrN2S. The summed E-state index contributed by atoms with van der Waals surface area (Å²) < 4.78 is 0.999. The van der Waals surface area contributed by atoms with E-state index >= 15 is 0 Å². The van der Waals surface area contributed by atoms with Crippen molar-refractivity contribution in [3.8, 4) is 0 Å². The van der Waals surface area contributed by atoms with Crippen LogP contribution in [0.3, 0.4) is 0 Å². The number of thioether (sulfide) groups is 1. The molecule has 0 unspecified atom stereocenters. The van der Waals surface area contributed by atoms with Crippen LogP contribution in [0.2, 0.25) is 0 Å². The van der Waals surface area contributed by atoms with Crippen molar-refractivity contribution in [3.05, 3.63) is 58.6 Å². The highest BCUT2D eigenvalue weighted by Crippen LogP contribution is 2.31. The molecule has 3 N–H and O–H groups in total. The smallest absolute Gasteiger partial charge is 0.0735 e. The third-order valence-electron chi connectivity index (χ3n) is 3.00. The zero-order valence-corrected chi connectivity index (χ0v) is 12.6. The summed E-state index contributed by atoms with van der Waals surface area (Å²) in [7, 11) is 0. The molecule has 0 atom stereocenters. The Morgan fingerprint density at radius 1 is 1.11 bits per heavy atom. The molecule has 3 rings (SSSR count). The fourth-order valence-corrected chi connectivity index (χ4v) is 3.53. The summed E-state index contributed by atoms with van der Waals surface area (Å²) in [5, 5.41) is 2.42. The fraction of sp³-hybridized carbons (Fsp3) is 0.0667. The molecule has 3 aromatic rings. The van der Waals surface area contributed by atoms with Crippen LogP contribution < -0.4 is 5.73 Å². The number of rotatable bonds is 3. The fourth-order valence-electron chi connectivity index (χ4n) is 1.99. The van der Waals surface area contributed by atoms with E-state index in [0.717, 1.165) is 15.9 Å². The molecule has 4 heteroatoms. The molecule has 96 valence electrons. The van der Waals surface area contributed by atoms with E-state index in [1.165, 1.54) is 21.5 Å². The van der Waals surface area contributed by atoms with Crippen LogP contribution in [0.15, 0.2) is 58.0 Å². The van der Waals surface area contributed by atoms with Gasteiger partial charge < -0.3 is 10.7 Å². The molecule has 0 saturated heterocycles. The molecule has 0 spiro atoms. The summed E-state index contributed by atoms with van der Waals surface area (Å²) in [6.45, 7) is 0. The molecule has 2 nitrogen and oxygen atoms in total. The van der Waals surface area contributed by atoms with Crippen LogP contribution in [-0.2, 0) is 5.75 Å². The van der Waals surface area contributed by atoms with Crippen molar-refractivity contribution in [1.82, 2.24) is 4.98 Å². The zero-order valence-electron chi connectivity index (χ0n) is 10.2. The van der Waals surface area contributed by atoms with Crippen LogP contribution in [-0.4, -0.2) is 4.98 Å². The summed E-state index contributed by atoms with van der Waals surface area (Å²) in [4.78, 5) is 3.42. The molecule has 0 amide bonds. The van der Waals surface area contributed by atoms with Gasteiger partial charge in [0.15, 0.2) is 0 Å². The predicted octanol–water partition coefficient (Wildman–Crippen LogP) is 4.80. The van der Waals surface area contributed by atoms with Crippen LogP contribution in [0.5, 0.6) is 0 Å². The number of aromatic amines is 1. The van der Waals surface area contributed by atoms with Crippen LogP contribution in [0.25, 0.3) is 10.9 Å². The molecule has 0 aliphatic rings. The number of halogens is 1. The largest absolute Gasteiger partial charge is 0.398 e. The third-order valence-corrected chi connectivity index (χ3v) is 4.95. The molecule has 2 aromatic carbocycles. The van der Waals surface area contributed by atoms with Crippen molar-refractivity contribution in [2.45, 2.75) is 10.8 Å². The predicted molar refractivity (Wildman–Crippen MR) is 86.4 cm³/mol. The van der Waals surface area contributed by atoms with Crippen LogP contribution in [0.4, 0.5) is 5.69 Å². The molecule has 1 aromatic heterocycles. The number of anilines is 1. The first-order valence-electron chi connectivity index (χ1n) is 5.97. The van der Waals surface area contributed by atoms with Crippen LogP contribution in [0.1, 0.15) is 5.56 Å². The number of H-pyrrole nitrogens is 1. The van der Waals surface area contributed by atoms with Crippen LogP contribution in [0, 0.1) is 0 Å². The zero-order chi connectivity index (χ0) is 13.2. The van der Waals surface area contributed by atoms with Gasteiger partial charge in [0.2, 0.25) is 0 Å². The monoisotopic (exact) mass is 332 g/mol. The van der Waals surface area contributed by atoms with Gasteiger partial charge in [-0.2, -0.15) is 0 Å². The molecule has 0 saturated carbocycles.